The Morgan fingerprint density at radius 3 is 2.36 bits per heavy atom. The topological polar surface area (TPSA) is 32.3 Å². The highest BCUT2D eigenvalue weighted by atomic mass is 16.2. The minimum absolute atomic E-state index is 0.229. The number of carbonyl (C=O) groups excluding carboxylic acids is 1. The van der Waals surface area contributed by atoms with Crippen LogP contribution < -0.4 is 5.32 Å². The predicted octanol–water partition coefficient (Wildman–Crippen LogP) is 1.63. The second-order valence-electron chi connectivity index (χ2n) is 3.92. The van der Waals surface area contributed by atoms with E-state index in [0.717, 1.165) is 13.0 Å². The average molecular weight is 200 g/mol. The van der Waals surface area contributed by atoms with Gasteiger partial charge in [-0.1, -0.05) is 13.8 Å². The van der Waals surface area contributed by atoms with Gasteiger partial charge in [0.25, 0.3) is 0 Å². The molecule has 1 amide bonds. The molecule has 2 unspecified atom stereocenters. The van der Waals surface area contributed by atoms with Gasteiger partial charge in [-0.15, -0.1) is 0 Å². The fourth-order valence-corrected chi connectivity index (χ4v) is 1.35. The molecule has 0 saturated heterocycles. The highest BCUT2D eigenvalue weighted by Gasteiger charge is 2.16. The van der Waals surface area contributed by atoms with Crippen LogP contribution in [0, 0.1) is 0 Å². The minimum atomic E-state index is 0.229. The van der Waals surface area contributed by atoms with Crippen LogP contribution >= 0.6 is 0 Å². The lowest BCUT2D eigenvalue weighted by atomic mass is 10.1. The van der Waals surface area contributed by atoms with E-state index in [2.05, 4.69) is 26.1 Å². The molecule has 0 aliphatic carbocycles. The monoisotopic (exact) mass is 200 g/mol. The maximum atomic E-state index is 11.7. The van der Waals surface area contributed by atoms with E-state index in [-0.39, 0.29) is 11.9 Å². The molecule has 0 heterocycles. The highest BCUT2D eigenvalue weighted by Crippen LogP contribution is 2.04. The molecule has 0 spiro atoms. The molecule has 0 aromatic rings. The first-order valence-corrected chi connectivity index (χ1v) is 5.51. The summed E-state index contributed by atoms with van der Waals surface area (Å²) >= 11 is 0. The van der Waals surface area contributed by atoms with Gasteiger partial charge in [0, 0.05) is 25.6 Å². The van der Waals surface area contributed by atoms with Crippen molar-refractivity contribution in [2.75, 3.05) is 13.6 Å². The molecule has 0 saturated carbocycles. The summed E-state index contributed by atoms with van der Waals surface area (Å²) in [5, 5.41) is 3.24. The summed E-state index contributed by atoms with van der Waals surface area (Å²) < 4.78 is 0. The van der Waals surface area contributed by atoms with E-state index in [0.29, 0.717) is 12.5 Å². The molecule has 14 heavy (non-hydrogen) atoms. The third kappa shape index (κ3) is 4.61. The summed E-state index contributed by atoms with van der Waals surface area (Å²) in [6.07, 6.45) is 1.60. The fourth-order valence-electron chi connectivity index (χ4n) is 1.35. The van der Waals surface area contributed by atoms with Crippen LogP contribution in [0.25, 0.3) is 0 Å². The second-order valence-corrected chi connectivity index (χ2v) is 3.92. The van der Waals surface area contributed by atoms with Gasteiger partial charge in [-0.05, 0) is 26.8 Å². The lowest BCUT2D eigenvalue weighted by Crippen LogP contribution is -2.39. The van der Waals surface area contributed by atoms with Crippen LogP contribution in [0.2, 0.25) is 0 Å². The normalized spacial score (nSPS) is 14.9. The van der Waals surface area contributed by atoms with Gasteiger partial charge in [-0.3, -0.25) is 4.79 Å². The lowest BCUT2D eigenvalue weighted by molar-refractivity contribution is -0.132. The molecule has 84 valence electrons. The van der Waals surface area contributed by atoms with E-state index in [1.165, 1.54) is 0 Å². The molecule has 0 aromatic heterocycles. The molecule has 3 nitrogen and oxygen atoms in total. The molecular weight excluding hydrogens is 176 g/mol. The van der Waals surface area contributed by atoms with Gasteiger partial charge in [-0.2, -0.15) is 0 Å². The second kappa shape index (κ2) is 6.82. The van der Waals surface area contributed by atoms with Crippen LogP contribution in [-0.2, 0) is 4.79 Å². The highest BCUT2D eigenvalue weighted by molar-refractivity contribution is 5.76. The van der Waals surface area contributed by atoms with Gasteiger partial charge in [0.1, 0.15) is 0 Å². The van der Waals surface area contributed by atoms with Crippen molar-refractivity contribution in [3.63, 3.8) is 0 Å². The Bertz CT molecular complexity index is 171. The average Bonchev–Trinajstić information content (AvgIpc) is 2.15. The Labute approximate surface area is 87.9 Å². The number of hydrogen-bond acceptors (Lipinski definition) is 2. The van der Waals surface area contributed by atoms with E-state index in [9.17, 15) is 4.79 Å². The van der Waals surface area contributed by atoms with Crippen molar-refractivity contribution < 1.29 is 4.79 Å². The van der Waals surface area contributed by atoms with Crippen molar-refractivity contribution in [3.05, 3.63) is 0 Å². The smallest absolute Gasteiger partial charge is 0.224 e. The van der Waals surface area contributed by atoms with Gasteiger partial charge >= 0.3 is 0 Å². The van der Waals surface area contributed by atoms with Crippen LogP contribution in [0.15, 0.2) is 0 Å². The van der Waals surface area contributed by atoms with E-state index in [1.54, 1.807) is 0 Å². The fraction of sp³-hybridized carbons (Fsp3) is 0.909. The zero-order valence-corrected chi connectivity index (χ0v) is 10.1. The van der Waals surface area contributed by atoms with Crippen molar-refractivity contribution in [2.24, 2.45) is 0 Å². The molecule has 0 fully saturated rings. The molecule has 0 rings (SSSR count). The molecule has 0 bridgehead atoms. The molecule has 3 heteroatoms. The zero-order valence-electron chi connectivity index (χ0n) is 10.1. The number of hydrogen-bond donors (Lipinski definition) is 1. The number of carbonyl (C=O) groups is 1. The zero-order chi connectivity index (χ0) is 11.1. The first kappa shape index (κ1) is 13.4. The van der Waals surface area contributed by atoms with Gasteiger partial charge in [0.2, 0.25) is 5.91 Å². The van der Waals surface area contributed by atoms with Crippen molar-refractivity contribution in [2.45, 2.75) is 52.6 Å². The molecule has 2 atom stereocenters. The Morgan fingerprint density at radius 2 is 1.93 bits per heavy atom. The van der Waals surface area contributed by atoms with Crippen LogP contribution in [0.5, 0.6) is 0 Å². The van der Waals surface area contributed by atoms with Crippen molar-refractivity contribution in [1.82, 2.24) is 10.2 Å². The van der Waals surface area contributed by atoms with Gasteiger partial charge in [0.05, 0.1) is 0 Å². The molecule has 0 aliphatic rings. The quantitative estimate of drug-likeness (QED) is 0.707. The third-order valence-corrected chi connectivity index (χ3v) is 2.68. The van der Waals surface area contributed by atoms with E-state index >= 15 is 0 Å². The lowest BCUT2D eigenvalue weighted by Gasteiger charge is -2.25. The molecule has 0 radical (unpaired) electrons. The summed E-state index contributed by atoms with van der Waals surface area (Å²) in [5.41, 5.74) is 0. The van der Waals surface area contributed by atoms with E-state index < -0.39 is 0 Å². The van der Waals surface area contributed by atoms with Gasteiger partial charge in [0.15, 0.2) is 0 Å². The van der Waals surface area contributed by atoms with E-state index in [4.69, 9.17) is 0 Å². The number of amides is 1. The van der Waals surface area contributed by atoms with Crippen LogP contribution in [0.4, 0.5) is 0 Å². The number of rotatable bonds is 6. The van der Waals surface area contributed by atoms with Crippen molar-refractivity contribution in [1.29, 1.82) is 0 Å². The maximum absolute atomic E-state index is 11.7. The van der Waals surface area contributed by atoms with Crippen molar-refractivity contribution in [3.8, 4) is 0 Å². The Morgan fingerprint density at radius 1 is 1.36 bits per heavy atom. The molecular formula is C11H24N2O. The molecule has 0 aliphatic heterocycles. The van der Waals surface area contributed by atoms with Crippen LogP contribution in [0.3, 0.4) is 0 Å². The SMILES string of the molecule is CCNC(C)CC(=O)N(C)C(C)CC. The Balaban J connectivity index is 3.94. The summed E-state index contributed by atoms with van der Waals surface area (Å²) in [6.45, 7) is 9.20. The standard InChI is InChI=1S/C11H24N2O/c1-6-10(4)13(5)11(14)8-9(3)12-7-2/h9-10,12H,6-8H2,1-5H3. The number of nitrogens with zero attached hydrogens (tertiary/aromatic N) is 1. The summed E-state index contributed by atoms with van der Waals surface area (Å²) in [4.78, 5) is 13.6. The van der Waals surface area contributed by atoms with Crippen LogP contribution in [-0.4, -0.2) is 36.5 Å². The Hall–Kier alpha value is -0.570. The Kier molecular flexibility index (Phi) is 6.54. The summed E-state index contributed by atoms with van der Waals surface area (Å²) in [6, 6.07) is 0.621. The van der Waals surface area contributed by atoms with Crippen molar-refractivity contribution >= 4 is 5.91 Å². The first-order valence-electron chi connectivity index (χ1n) is 5.51. The maximum Gasteiger partial charge on any atom is 0.224 e. The summed E-state index contributed by atoms with van der Waals surface area (Å²) in [5.74, 6) is 0.229. The van der Waals surface area contributed by atoms with Crippen LogP contribution in [0.1, 0.15) is 40.5 Å². The largest absolute Gasteiger partial charge is 0.343 e. The number of nitrogens with one attached hydrogen (secondary N) is 1. The first-order chi connectivity index (χ1) is 6.52. The molecule has 1 N–H and O–H groups in total. The summed E-state index contributed by atoms with van der Waals surface area (Å²) in [7, 11) is 1.88. The molecule has 0 aromatic carbocycles. The van der Waals surface area contributed by atoms with Gasteiger partial charge in [-0.25, -0.2) is 0 Å². The van der Waals surface area contributed by atoms with Gasteiger partial charge < -0.3 is 10.2 Å². The third-order valence-electron chi connectivity index (χ3n) is 2.68. The minimum Gasteiger partial charge on any atom is -0.343 e. The van der Waals surface area contributed by atoms with E-state index in [1.807, 2.05) is 18.9 Å². The predicted molar refractivity (Wildman–Crippen MR) is 60.3 cm³/mol.